The quantitative estimate of drug-likeness (QED) is 0.606. The Hall–Kier alpha value is -3.47. The number of carbonyl (C=O) groups excluding carboxylic acids is 1. The lowest BCUT2D eigenvalue weighted by molar-refractivity contribution is 0.0984. The Bertz CT molecular complexity index is 940. The van der Waals surface area contributed by atoms with Crippen LogP contribution in [0.25, 0.3) is 0 Å². The third-order valence-corrected chi connectivity index (χ3v) is 4.42. The number of amides is 1. The van der Waals surface area contributed by atoms with Crippen molar-refractivity contribution < 1.29 is 19.0 Å². The van der Waals surface area contributed by atoms with Crippen LogP contribution in [0.5, 0.6) is 17.2 Å². The monoisotopic (exact) mass is 377 g/mol. The Labute approximate surface area is 165 Å². The van der Waals surface area contributed by atoms with Gasteiger partial charge in [-0.2, -0.15) is 0 Å². The van der Waals surface area contributed by atoms with Gasteiger partial charge in [0.1, 0.15) is 5.75 Å². The number of ether oxygens (including phenoxy) is 3. The van der Waals surface area contributed by atoms with E-state index in [9.17, 15) is 4.79 Å². The lowest BCUT2D eigenvalue weighted by atomic mass is 10.1. The number of anilines is 1. The molecule has 0 fully saturated rings. The Morgan fingerprint density at radius 1 is 0.786 bits per heavy atom. The first-order valence-electron chi connectivity index (χ1n) is 8.88. The summed E-state index contributed by atoms with van der Waals surface area (Å²) in [6.07, 6.45) is 0. The predicted molar refractivity (Wildman–Crippen MR) is 109 cm³/mol. The summed E-state index contributed by atoms with van der Waals surface area (Å²) in [5.41, 5.74) is 2.30. The van der Waals surface area contributed by atoms with Crippen molar-refractivity contribution in [1.29, 1.82) is 0 Å². The second kappa shape index (κ2) is 8.95. The molecule has 0 heterocycles. The zero-order valence-corrected chi connectivity index (χ0v) is 16.2. The van der Waals surface area contributed by atoms with E-state index in [0.29, 0.717) is 23.6 Å². The number of benzene rings is 3. The van der Waals surface area contributed by atoms with Crippen LogP contribution in [0.2, 0.25) is 0 Å². The highest BCUT2D eigenvalue weighted by Gasteiger charge is 2.20. The number of methoxy groups -OCH3 is 3. The molecule has 0 saturated heterocycles. The van der Waals surface area contributed by atoms with Crippen LogP contribution < -0.4 is 19.1 Å². The van der Waals surface area contributed by atoms with E-state index in [1.807, 2.05) is 54.6 Å². The van der Waals surface area contributed by atoms with E-state index >= 15 is 0 Å². The number of hydrogen-bond donors (Lipinski definition) is 0. The Balaban J connectivity index is 1.98. The van der Waals surface area contributed by atoms with Gasteiger partial charge in [0.15, 0.2) is 11.5 Å². The maximum Gasteiger partial charge on any atom is 0.258 e. The van der Waals surface area contributed by atoms with E-state index < -0.39 is 0 Å². The van der Waals surface area contributed by atoms with Gasteiger partial charge in [0.25, 0.3) is 5.91 Å². The molecule has 0 bridgehead atoms. The average molecular weight is 377 g/mol. The van der Waals surface area contributed by atoms with Gasteiger partial charge in [0.2, 0.25) is 0 Å². The minimum absolute atomic E-state index is 0.130. The van der Waals surface area contributed by atoms with E-state index in [1.165, 1.54) is 0 Å². The maximum absolute atomic E-state index is 13.4. The largest absolute Gasteiger partial charge is 0.497 e. The highest BCUT2D eigenvalue weighted by molar-refractivity contribution is 6.06. The molecule has 144 valence electrons. The Kier molecular flexibility index (Phi) is 6.17. The zero-order chi connectivity index (χ0) is 19.9. The number of hydrogen-bond acceptors (Lipinski definition) is 4. The van der Waals surface area contributed by atoms with Gasteiger partial charge in [-0.05, 0) is 48.0 Å². The molecule has 1 amide bonds. The van der Waals surface area contributed by atoms with E-state index in [4.69, 9.17) is 14.2 Å². The molecule has 5 heteroatoms. The predicted octanol–water partition coefficient (Wildman–Crippen LogP) is 4.56. The molecule has 3 aromatic rings. The van der Waals surface area contributed by atoms with Crippen molar-refractivity contribution in [3.8, 4) is 17.2 Å². The average Bonchev–Trinajstić information content (AvgIpc) is 2.77. The van der Waals surface area contributed by atoms with Gasteiger partial charge >= 0.3 is 0 Å². The molecule has 0 N–H and O–H groups in total. The molecule has 0 saturated carbocycles. The molecule has 0 radical (unpaired) electrons. The molecular weight excluding hydrogens is 354 g/mol. The maximum atomic E-state index is 13.4. The van der Waals surface area contributed by atoms with E-state index in [1.54, 1.807) is 44.4 Å². The van der Waals surface area contributed by atoms with Gasteiger partial charge in [-0.1, -0.05) is 30.3 Å². The SMILES string of the molecule is COc1cccc(CN(C(=O)c2ccc(OC)c(OC)c2)c2ccccc2)c1. The van der Waals surface area contributed by atoms with Crippen LogP contribution in [-0.2, 0) is 6.54 Å². The summed E-state index contributed by atoms with van der Waals surface area (Å²) in [6, 6.07) is 22.5. The van der Waals surface area contributed by atoms with Crippen molar-refractivity contribution in [2.45, 2.75) is 6.54 Å². The first-order valence-corrected chi connectivity index (χ1v) is 8.88. The summed E-state index contributed by atoms with van der Waals surface area (Å²) in [4.78, 5) is 15.1. The van der Waals surface area contributed by atoms with E-state index in [0.717, 1.165) is 17.0 Å². The van der Waals surface area contributed by atoms with Gasteiger partial charge in [-0.3, -0.25) is 4.79 Å². The van der Waals surface area contributed by atoms with Crippen molar-refractivity contribution >= 4 is 11.6 Å². The van der Waals surface area contributed by atoms with Crippen LogP contribution in [0.15, 0.2) is 72.8 Å². The standard InChI is InChI=1S/C23H23NO4/c1-26-20-11-7-8-17(14-20)16-24(19-9-5-4-6-10-19)23(25)18-12-13-21(27-2)22(15-18)28-3/h4-15H,16H2,1-3H3. The first-order chi connectivity index (χ1) is 13.7. The minimum Gasteiger partial charge on any atom is -0.497 e. The summed E-state index contributed by atoms with van der Waals surface area (Å²) in [6.45, 7) is 0.411. The van der Waals surface area contributed by atoms with Gasteiger partial charge in [-0.25, -0.2) is 0 Å². The second-order valence-corrected chi connectivity index (χ2v) is 6.15. The molecule has 0 aliphatic heterocycles. The summed E-state index contributed by atoms with van der Waals surface area (Å²) in [5, 5.41) is 0. The minimum atomic E-state index is -0.130. The summed E-state index contributed by atoms with van der Waals surface area (Å²) < 4.78 is 15.9. The molecule has 3 aromatic carbocycles. The highest BCUT2D eigenvalue weighted by Crippen LogP contribution is 2.29. The van der Waals surface area contributed by atoms with Crippen LogP contribution in [0.4, 0.5) is 5.69 Å². The summed E-state index contributed by atoms with van der Waals surface area (Å²) in [7, 11) is 4.75. The van der Waals surface area contributed by atoms with Crippen molar-refractivity contribution in [3.63, 3.8) is 0 Å². The van der Waals surface area contributed by atoms with Crippen LogP contribution in [0, 0.1) is 0 Å². The van der Waals surface area contributed by atoms with E-state index in [-0.39, 0.29) is 5.91 Å². The fraction of sp³-hybridized carbons (Fsp3) is 0.174. The topological polar surface area (TPSA) is 48.0 Å². The lowest BCUT2D eigenvalue weighted by Crippen LogP contribution is -2.30. The fourth-order valence-corrected chi connectivity index (χ4v) is 2.97. The molecule has 3 rings (SSSR count). The molecule has 5 nitrogen and oxygen atoms in total. The molecule has 0 aromatic heterocycles. The highest BCUT2D eigenvalue weighted by atomic mass is 16.5. The number of para-hydroxylation sites is 1. The van der Waals surface area contributed by atoms with Crippen LogP contribution in [0.1, 0.15) is 15.9 Å². The number of carbonyl (C=O) groups is 1. The van der Waals surface area contributed by atoms with Crippen molar-refractivity contribution in [1.82, 2.24) is 0 Å². The second-order valence-electron chi connectivity index (χ2n) is 6.15. The van der Waals surface area contributed by atoms with Gasteiger partial charge in [0, 0.05) is 11.3 Å². The van der Waals surface area contributed by atoms with Gasteiger partial charge in [0.05, 0.1) is 27.9 Å². The Morgan fingerprint density at radius 2 is 1.54 bits per heavy atom. The van der Waals surface area contributed by atoms with Gasteiger partial charge in [-0.15, -0.1) is 0 Å². The third-order valence-electron chi connectivity index (χ3n) is 4.42. The van der Waals surface area contributed by atoms with Crippen molar-refractivity contribution in [3.05, 3.63) is 83.9 Å². The lowest BCUT2D eigenvalue weighted by Gasteiger charge is -2.24. The van der Waals surface area contributed by atoms with Gasteiger partial charge < -0.3 is 19.1 Å². The number of nitrogens with zero attached hydrogens (tertiary/aromatic N) is 1. The molecule has 0 aliphatic carbocycles. The molecule has 0 atom stereocenters. The Morgan fingerprint density at radius 3 is 2.21 bits per heavy atom. The van der Waals surface area contributed by atoms with Crippen molar-refractivity contribution in [2.75, 3.05) is 26.2 Å². The van der Waals surface area contributed by atoms with Crippen LogP contribution >= 0.6 is 0 Å². The fourth-order valence-electron chi connectivity index (χ4n) is 2.97. The summed E-state index contributed by atoms with van der Waals surface area (Å²) >= 11 is 0. The zero-order valence-electron chi connectivity index (χ0n) is 16.2. The van der Waals surface area contributed by atoms with Crippen LogP contribution in [-0.4, -0.2) is 27.2 Å². The smallest absolute Gasteiger partial charge is 0.258 e. The third kappa shape index (κ3) is 4.26. The molecule has 0 spiro atoms. The van der Waals surface area contributed by atoms with E-state index in [2.05, 4.69) is 0 Å². The summed E-state index contributed by atoms with van der Waals surface area (Å²) in [5.74, 6) is 1.72. The molecular formula is C23H23NO4. The molecule has 28 heavy (non-hydrogen) atoms. The number of rotatable bonds is 7. The normalized spacial score (nSPS) is 10.2. The molecule has 0 unspecified atom stereocenters. The van der Waals surface area contributed by atoms with Crippen LogP contribution in [0.3, 0.4) is 0 Å². The molecule has 0 aliphatic rings. The van der Waals surface area contributed by atoms with Crippen molar-refractivity contribution in [2.24, 2.45) is 0 Å². The first kappa shape index (κ1) is 19.3.